The summed E-state index contributed by atoms with van der Waals surface area (Å²) < 4.78 is 13.9. The van der Waals surface area contributed by atoms with E-state index in [-0.39, 0.29) is 10.0 Å². The molecule has 0 radical (unpaired) electrons. The third kappa shape index (κ3) is 2.68. The summed E-state index contributed by atoms with van der Waals surface area (Å²) in [6.45, 7) is 0. The molecule has 0 bridgehead atoms. The Kier molecular flexibility index (Phi) is 3.49. The molecular weight excluding hydrogens is 287 g/mol. The minimum atomic E-state index is -0.570. The Labute approximate surface area is 106 Å². The van der Waals surface area contributed by atoms with Crippen LogP contribution in [-0.4, -0.2) is 10.9 Å². The fourth-order valence-corrected chi connectivity index (χ4v) is 1.68. The van der Waals surface area contributed by atoms with Crippen LogP contribution >= 0.6 is 15.9 Å². The molecule has 1 amide bonds. The van der Waals surface area contributed by atoms with Crippen molar-refractivity contribution in [3.8, 4) is 0 Å². The lowest BCUT2D eigenvalue weighted by Gasteiger charge is -2.06. The van der Waals surface area contributed by atoms with Gasteiger partial charge in [0.1, 0.15) is 5.82 Å². The summed E-state index contributed by atoms with van der Waals surface area (Å²) >= 11 is 3.03. The van der Waals surface area contributed by atoms with Crippen molar-refractivity contribution in [1.82, 2.24) is 4.98 Å². The minimum Gasteiger partial charge on any atom is -0.322 e. The summed E-state index contributed by atoms with van der Waals surface area (Å²) in [4.78, 5) is 15.6. The maximum absolute atomic E-state index is 13.6. The number of pyridine rings is 1. The number of halogens is 2. The van der Waals surface area contributed by atoms with Crippen molar-refractivity contribution in [3.63, 3.8) is 0 Å². The summed E-state index contributed by atoms with van der Waals surface area (Å²) in [5.41, 5.74) is 0.570. The molecule has 0 aliphatic carbocycles. The minimum absolute atomic E-state index is 0.00353. The summed E-state index contributed by atoms with van der Waals surface area (Å²) in [6, 6.07) is 7.84. The fourth-order valence-electron chi connectivity index (χ4n) is 1.31. The average molecular weight is 295 g/mol. The third-order valence-electron chi connectivity index (χ3n) is 2.13. The van der Waals surface area contributed by atoms with Gasteiger partial charge in [0, 0.05) is 18.1 Å². The van der Waals surface area contributed by atoms with Crippen LogP contribution in [0.4, 0.5) is 10.1 Å². The van der Waals surface area contributed by atoms with E-state index >= 15 is 0 Å². The molecule has 2 rings (SSSR count). The van der Waals surface area contributed by atoms with Gasteiger partial charge in [0.2, 0.25) is 0 Å². The van der Waals surface area contributed by atoms with E-state index in [4.69, 9.17) is 0 Å². The summed E-state index contributed by atoms with van der Waals surface area (Å²) in [6.07, 6.45) is 3.10. The van der Waals surface area contributed by atoms with E-state index in [0.717, 1.165) is 0 Å². The highest BCUT2D eigenvalue weighted by atomic mass is 79.9. The van der Waals surface area contributed by atoms with Crippen molar-refractivity contribution in [2.75, 3.05) is 5.32 Å². The summed E-state index contributed by atoms with van der Waals surface area (Å²) in [5, 5.41) is 2.59. The Balaban J connectivity index is 2.24. The summed E-state index contributed by atoms with van der Waals surface area (Å²) in [5.74, 6) is -1.06. The number of benzene rings is 1. The monoisotopic (exact) mass is 294 g/mol. The number of nitrogens with one attached hydrogen (secondary N) is 1. The Morgan fingerprint density at radius 3 is 2.65 bits per heavy atom. The van der Waals surface area contributed by atoms with Crippen LogP contribution < -0.4 is 5.32 Å². The van der Waals surface area contributed by atoms with Gasteiger partial charge in [-0.1, -0.05) is 6.07 Å². The van der Waals surface area contributed by atoms with E-state index in [1.165, 1.54) is 6.07 Å². The second kappa shape index (κ2) is 5.05. The van der Waals surface area contributed by atoms with E-state index in [1.807, 2.05) is 0 Å². The molecule has 3 nitrogen and oxygen atoms in total. The average Bonchev–Trinajstić information content (AvgIpc) is 2.34. The molecule has 0 aliphatic rings. The predicted octanol–water partition coefficient (Wildman–Crippen LogP) is 3.24. The van der Waals surface area contributed by atoms with Crippen LogP contribution in [0, 0.1) is 5.82 Å². The van der Waals surface area contributed by atoms with Crippen molar-refractivity contribution >= 4 is 27.5 Å². The van der Waals surface area contributed by atoms with Crippen molar-refractivity contribution in [1.29, 1.82) is 0 Å². The lowest BCUT2D eigenvalue weighted by Crippen LogP contribution is -2.13. The predicted molar refractivity (Wildman–Crippen MR) is 66.3 cm³/mol. The molecule has 1 heterocycles. The second-order valence-corrected chi connectivity index (χ2v) is 4.15. The molecule has 1 N–H and O–H groups in total. The molecule has 5 heteroatoms. The first-order valence-corrected chi connectivity index (χ1v) is 5.63. The van der Waals surface area contributed by atoms with Gasteiger partial charge in [-0.2, -0.15) is 0 Å². The van der Waals surface area contributed by atoms with Crippen molar-refractivity contribution in [2.45, 2.75) is 0 Å². The first-order valence-electron chi connectivity index (χ1n) is 4.84. The Hall–Kier alpha value is -1.75. The van der Waals surface area contributed by atoms with Crippen LogP contribution in [0.3, 0.4) is 0 Å². The molecular formula is C12H8BrFN2O. The topological polar surface area (TPSA) is 42.0 Å². The molecule has 1 aromatic carbocycles. The zero-order valence-corrected chi connectivity index (χ0v) is 10.2. The molecule has 0 unspecified atom stereocenters. The Morgan fingerprint density at radius 1 is 1.24 bits per heavy atom. The number of hydrogen-bond donors (Lipinski definition) is 1. The standard InChI is InChI=1S/C12H8BrFN2O/c13-10-3-1-2-9(11(10)14)12(17)16-8-4-6-15-7-5-8/h1-7H,(H,15,16,17). The number of carbonyl (C=O) groups is 1. The highest BCUT2D eigenvalue weighted by Gasteiger charge is 2.13. The van der Waals surface area contributed by atoms with Gasteiger partial charge in [-0.3, -0.25) is 9.78 Å². The van der Waals surface area contributed by atoms with Crippen LogP contribution in [0.5, 0.6) is 0 Å². The lowest BCUT2D eigenvalue weighted by molar-refractivity contribution is 0.102. The lowest BCUT2D eigenvalue weighted by atomic mass is 10.2. The quantitative estimate of drug-likeness (QED) is 0.924. The number of nitrogens with zero attached hydrogens (tertiary/aromatic N) is 1. The first kappa shape index (κ1) is 11.7. The number of carbonyl (C=O) groups excluding carboxylic acids is 1. The van der Waals surface area contributed by atoms with Crippen molar-refractivity contribution in [2.24, 2.45) is 0 Å². The first-order chi connectivity index (χ1) is 8.18. The van der Waals surface area contributed by atoms with Crippen LogP contribution in [0.2, 0.25) is 0 Å². The largest absolute Gasteiger partial charge is 0.322 e. The Morgan fingerprint density at radius 2 is 1.94 bits per heavy atom. The maximum atomic E-state index is 13.6. The molecule has 0 spiro atoms. The molecule has 2 aromatic rings. The number of anilines is 1. The zero-order chi connectivity index (χ0) is 12.3. The summed E-state index contributed by atoms with van der Waals surface area (Å²) in [7, 11) is 0. The highest BCUT2D eigenvalue weighted by Crippen LogP contribution is 2.19. The van der Waals surface area contributed by atoms with E-state index in [9.17, 15) is 9.18 Å². The van der Waals surface area contributed by atoms with Gasteiger partial charge in [-0.25, -0.2) is 4.39 Å². The van der Waals surface area contributed by atoms with E-state index in [2.05, 4.69) is 26.2 Å². The van der Waals surface area contributed by atoms with Gasteiger partial charge < -0.3 is 5.32 Å². The van der Waals surface area contributed by atoms with Gasteiger partial charge in [-0.15, -0.1) is 0 Å². The Bertz CT molecular complexity index is 545. The molecule has 0 fully saturated rings. The second-order valence-electron chi connectivity index (χ2n) is 3.29. The molecule has 1 aromatic heterocycles. The van der Waals surface area contributed by atoms with E-state index < -0.39 is 11.7 Å². The molecule has 0 aliphatic heterocycles. The van der Waals surface area contributed by atoms with Crippen LogP contribution in [0.1, 0.15) is 10.4 Å². The van der Waals surface area contributed by atoms with E-state index in [1.54, 1.807) is 36.7 Å². The van der Waals surface area contributed by atoms with Gasteiger partial charge in [-0.05, 0) is 40.2 Å². The number of aromatic nitrogens is 1. The SMILES string of the molecule is O=C(Nc1ccncc1)c1cccc(Br)c1F. The molecule has 0 saturated carbocycles. The smallest absolute Gasteiger partial charge is 0.258 e. The normalized spacial score (nSPS) is 10.0. The fraction of sp³-hybridized carbons (Fsp3) is 0. The number of amides is 1. The zero-order valence-electron chi connectivity index (χ0n) is 8.65. The highest BCUT2D eigenvalue weighted by molar-refractivity contribution is 9.10. The molecule has 0 atom stereocenters. The molecule has 0 saturated heterocycles. The van der Waals surface area contributed by atoms with Crippen molar-refractivity contribution in [3.05, 3.63) is 58.6 Å². The number of rotatable bonds is 2. The van der Waals surface area contributed by atoms with Gasteiger partial charge in [0.15, 0.2) is 0 Å². The molecule has 86 valence electrons. The van der Waals surface area contributed by atoms with Gasteiger partial charge >= 0.3 is 0 Å². The van der Waals surface area contributed by atoms with Crippen molar-refractivity contribution < 1.29 is 9.18 Å². The maximum Gasteiger partial charge on any atom is 0.258 e. The van der Waals surface area contributed by atoms with E-state index in [0.29, 0.717) is 5.69 Å². The number of hydrogen-bond acceptors (Lipinski definition) is 2. The third-order valence-corrected chi connectivity index (χ3v) is 2.75. The molecule has 17 heavy (non-hydrogen) atoms. The van der Waals surface area contributed by atoms with Crippen LogP contribution in [0.15, 0.2) is 47.2 Å². The van der Waals surface area contributed by atoms with Gasteiger partial charge in [0.25, 0.3) is 5.91 Å². The van der Waals surface area contributed by atoms with Gasteiger partial charge in [0.05, 0.1) is 10.0 Å². The van der Waals surface area contributed by atoms with Crippen LogP contribution in [0.25, 0.3) is 0 Å². The van der Waals surface area contributed by atoms with Crippen LogP contribution in [-0.2, 0) is 0 Å².